The number of rotatable bonds is 5. The minimum atomic E-state index is 0.915. The molecule has 0 fully saturated rings. The van der Waals surface area contributed by atoms with Gasteiger partial charge in [0, 0.05) is 32.8 Å². The Bertz CT molecular complexity index is 2920. The van der Waals surface area contributed by atoms with E-state index in [4.69, 9.17) is 15.0 Å². The zero-order valence-corrected chi connectivity index (χ0v) is 28.2. The van der Waals surface area contributed by atoms with Crippen LogP contribution in [0.25, 0.3) is 99.5 Å². The molecule has 3 aromatic heterocycles. The maximum atomic E-state index is 5.18. The highest BCUT2D eigenvalue weighted by Crippen LogP contribution is 2.37. The first-order chi connectivity index (χ1) is 25.7. The van der Waals surface area contributed by atoms with Crippen LogP contribution in [0.15, 0.2) is 188 Å². The summed E-state index contributed by atoms with van der Waals surface area (Å²) in [5, 5.41) is 5.79. The minimum Gasteiger partial charge on any atom is -0.248 e. The molecule has 0 aliphatic rings. The van der Waals surface area contributed by atoms with E-state index in [0.29, 0.717) is 0 Å². The van der Waals surface area contributed by atoms with Crippen molar-refractivity contribution < 1.29 is 0 Å². The standard InChI is InChI=1S/C49H31N3/c1-3-9-34(10-4-1)42-31-46(50-45-30-25-35-11-7-8-14-41(35)47(42)45)38-21-17-33(18-22-38)32-15-19-37(20-16-32)44-29-27-40-24-23-39-26-28-43(36-12-5-2-6-13-36)51-48(39)49(40)52-44/h1-31H. The number of hydrogen-bond acceptors (Lipinski definition) is 3. The molecule has 0 atom stereocenters. The van der Waals surface area contributed by atoms with Gasteiger partial charge < -0.3 is 0 Å². The summed E-state index contributed by atoms with van der Waals surface area (Å²) in [5.41, 5.74) is 13.6. The fourth-order valence-corrected chi connectivity index (χ4v) is 7.37. The van der Waals surface area contributed by atoms with Gasteiger partial charge in [0.15, 0.2) is 0 Å². The smallest absolute Gasteiger partial charge is 0.0972 e. The predicted octanol–water partition coefficient (Wildman–Crippen LogP) is 12.8. The van der Waals surface area contributed by atoms with Gasteiger partial charge in [0.25, 0.3) is 0 Å². The van der Waals surface area contributed by atoms with Gasteiger partial charge in [0.05, 0.1) is 33.6 Å². The lowest BCUT2D eigenvalue weighted by molar-refractivity contribution is 1.36. The van der Waals surface area contributed by atoms with E-state index in [1.54, 1.807) is 0 Å². The first-order valence-corrected chi connectivity index (χ1v) is 17.6. The van der Waals surface area contributed by atoms with Gasteiger partial charge in [-0.05, 0) is 57.3 Å². The summed E-state index contributed by atoms with van der Waals surface area (Å²) in [6.07, 6.45) is 0. The summed E-state index contributed by atoms with van der Waals surface area (Å²) in [7, 11) is 0. The highest BCUT2D eigenvalue weighted by molar-refractivity contribution is 6.14. The van der Waals surface area contributed by atoms with Gasteiger partial charge in [0.1, 0.15) is 0 Å². The van der Waals surface area contributed by atoms with Crippen molar-refractivity contribution in [2.75, 3.05) is 0 Å². The third kappa shape index (κ3) is 5.28. The molecule has 3 heterocycles. The lowest BCUT2D eigenvalue weighted by Gasteiger charge is -2.13. The van der Waals surface area contributed by atoms with Crippen molar-refractivity contribution in [3.63, 3.8) is 0 Å². The molecule has 0 unspecified atom stereocenters. The van der Waals surface area contributed by atoms with Crippen LogP contribution in [0.4, 0.5) is 0 Å². The van der Waals surface area contributed by atoms with E-state index in [0.717, 1.165) is 72.2 Å². The number of hydrogen-bond donors (Lipinski definition) is 0. The van der Waals surface area contributed by atoms with Gasteiger partial charge >= 0.3 is 0 Å². The summed E-state index contributed by atoms with van der Waals surface area (Å²) < 4.78 is 0. The molecule has 3 nitrogen and oxygen atoms in total. The SMILES string of the molecule is c1ccc(-c2ccc3ccc4ccc(-c5ccc(-c6ccc(-c7cc(-c8ccccc8)c8c(ccc9ccccc98)n7)cc6)cc5)nc4c3n2)cc1. The van der Waals surface area contributed by atoms with Crippen LogP contribution in [0.5, 0.6) is 0 Å². The lowest BCUT2D eigenvalue weighted by atomic mass is 9.94. The largest absolute Gasteiger partial charge is 0.248 e. The molecule has 0 aliphatic heterocycles. The molecule has 0 aliphatic carbocycles. The Kier molecular flexibility index (Phi) is 7.14. The second-order valence-electron chi connectivity index (χ2n) is 13.2. The second-order valence-corrected chi connectivity index (χ2v) is 13.2. The molecule has 0 amide bonds. The zero-order valence-electron chi connectivity index (χ0n) is 28.2. The summed E-state index contributed by atoms with van der Waals surface area (Å²) >= 11 is 0. The average Bonchev–Trinajstić information content (AvgIpc) is 3.23. The van der Waals surface area contributed by atoms with Crippen molar-refractivity contribution in [2.24, 2.45) is 0 Å². The maximum absolute atomic E-state index is 5.18. The van der Waals surface area contributed by atoms with E-state index in [2.05, 4.69) is 170 Å². The summed E-state index contributed by atoms with van der Waals surface area (Å²) in [6, 6.07) is 66.2. The molecule has 10 aromatic rings. The van der Waals surface area contributed by atoms with Crippen LogP contribution in [0.2, 0.25) is 0 Å². The Labute approximate surface area is 301 Å². The number of aromatic nitrogens is 3. The van der Waals surface area contributed by atoms with E-state index < -0.39 is 0 Å². The molecule has 52 heavy (non-hydrogen) atoms. The van der Waals surface area contributed by atoms with Crippen LogP contribution >= 0.6 is 0 Å². The lowest BCUT2D eigenvalue weighted by Crippen LogP contribution is -1.91. The quantitative estimate of drug-likeness (QED) is 0.172. The first kappa shape index (κ1) is 29.9. The molecule has 7 aromatic carbocycles. The van der Waals surface area contributed by atoms with E-state index >= 15 is 0 Å². The molecule has 0 spiro atoms. The molecule has 0 bridgehead atoms. The van der Waals surface area contributed by atoms with E-state index in [-0.39, 0.29) is 0 Å². The van der Waals surface area contributed by atoms with Gasteiger partial charge in [-0.15, -0.1) is 0 Å². The molecule has 242 valence electrons. The summed E-state index contributed by atoms with van der Waals surface area (Å²) in [5.74, 6) is 0. The normalized spacial score (nSPS) is 11.5. The van der Waals surface area contributed by atoms with Crippen molar-refractivity contribution in [2.45, 2.75) is 0 Å². The Hall–Kier alpha value is -6.97. The van der Waals surface area contributed by atoms with E-state index in [1.165, 1.54) is 27.3 Å². The van der Waals surface area contributed by atoms with Gasteiger partial charge in [-0.3, -0.25) is 0 Å². The Balaban J connectivity index is 0.980. The molecule has 0 radical (unpaired) electrons. The fourth-order valence-electron chi connectivity index (χ4n) is 7.37. The van der Waals surface area contributed by atoms with Crippen molar-refractivity contribution in [1.29, 1.82) is 0 Å². The van der Waals surface area contributed by atoms with Crippen LogP contribution in [0.3, 0.4) is 0 Å². The van der Waals surface area contributed by atoms with Gasteiger partial charge in [-0.25, -0.2) is 15.0 Å². The van der Waals surface area contributed by atoms with Crippen LogP contribution in [-0.2, 0) is 0 Å². The third-order valence-electron chi connectivity index (χ3n) is 10.1. The number of benzene rings is 7. The third-order valence-corrected chi connectivity index (χ3v) is 10.1. The summed E-state index contributed by atoms with van der Waals surface area (Å²) in [4.78, 5) is 15.4. The van der Waals surface area contributed by atoms with Crippen LogP contribution in [0, 0.1) is 0 Å². The molecule has 0 N–H and O–H groups in total. The molecular formula is C49H31N3. The van der Waals surface area contributed by atoms with E-state index in [1.807, 2.05) is 18.2 Å². The van der Waals surface area contributed by atoms with Gasteiger partial charge in [-0.1, -0.05) is 164 Å². The molecular weight excluding hydrogens is 631 g/mol. The number of pyridine rings is 3. The Morgan fingerprint density at radius 2 is 0.750 bits per heavy atom. The Morgan fingerprint density at radius 3 is 1.37 bits per heavy atom. The maximum Gasteiger partial charge on any atom is 0.0972 e. The topological polar surface area (TPSA) is 38.7 Å². The summed E-state index contributed by atoms with van der Waals surface area (Å²) in [6.45, 7) is 0. The van der Waals surface area contributed by atoms with Crippen molar-refractivity contribution in [3.05, 3.63) is 188 Å². The first-order valence-electron chi connectivity index (χ1n) is 17.6. The average molecular weight is 662 g/mol. The number of nitrogens with zero attached hydrogens (tertiary/aromatic N) is 3. The molecule has 10 rings (SSSR count). The number of fused-ring (bicyclic) bond motifs is 6. The van der Waals surface area contributed by atoms with Crippen LogP contribution < -0.4 is 0 Å². The van der Waals surface area contributed by atoms with Crippen molar-refractivity contribution >= 4 is 43.5 Å². The van der Waals surface area contributed by atoms with Crippen molar-refractivity contribution in [1.82, 2.24) is 15.0 Å². The van der Waals surface area contributed by atoms with E-state index in [9.17, 15) is 0 Å². The minimum absolute atomic E-state index is 0.915. The monoisotopic (exact) mass is 661 g/mol. The van der Waals surface area contributed by atoms with Crippen LogP contribution in [-0.4, -0.2) is 15.0 Å². The second kappa shape index (κ2) is 12.4. The predicted molar refractivity (Wildman–Crippen MR) is 217 cm³/mol. The molecule has 0 saturated carbocycles. The highest BCUT2D eigenvalue weighted by atomic mass is 14.8. The highest BCUT2D eigenvalue weighted by Gasteiger charge is 2.14. The molecule has 3 heteroatoms. The van der Waals surface area contributed by atoms with Crippen molar-refractivity contribution in [3.8, 4) is 56.0 Å². The zero-order chi connectivity index (χ0) is 34.4. The van der Waals surface area contributed by atoms with Gasteiger partial charge in [-0.2, -0.15) is 0 Å². The van der Waals surface area contributed by atoms with Crippen LogP contribution in [0.1, 0.15) is 0 Å². The molecule has 0 saturated heterocycles. The van der Waals surface area contributed by atoms with Gasteiger partial charge in [0.2, 0.25) is 0 Å². The fraction of sp³-hybridized carbons (Fsp3) is 0. The Morgan fingerprint density at radius 1 is 0.288 bits per heavy atom.